The molecule has 114 valence electrons. The molecule has 3 rings (SSSR count). The van der Waals surface area contributed by atoms with Gasteiger partial charge < -0.3 is 34.9 Å². The first-order chi connectivity index (χ1) is 10.1. The summed E-state index contributed by atoms with van der Waals surface area (Å²) >= 11 is 0. The van der Waals surface area contributed by atoms with E-state index in [1.807, 2.05) is 24.3 Å². The number of aliphatic hydroxyl groups is 4. The normalized spacial score (nSPS) is 33.2. The van der Waals surface area contributed by atoms with E-state index in [-0.39, 0.29) is 0 Å². The first kappa shape index (κ1) is 14.3. The first-order valence-corrected chi connectivity index (χ1v) is 6.65. The Balaban J connectivity index is 1.83. The first-order valence-electron chi connectivity index (χ1n) is 6.65. The maximum atomic E-state index is 9.94. The number of fused-ring (bicyclic) bond motifs is 1. The molecule has 0 bridgehead atoms. The van der Waals surface area contributed by atoms with E-state index < -0.39 is 37.3 Å². The average molecular weight is 295 g/mol. The molecule has 21 heavy (non-hydrogen) atoms. The monoisotopic (exact) mass is 295 g/mol. The third-order valence-electron chi connectivity index (χ3n) is 3.64. The number of H-pyrrole nitrogens is 1. The minimum absolute atomic E-state index is 0.454. The number of aromatic amines is 1. The van der Waals surface area contributed by atoms with Crippen molar-refractivity contribution in [3.8, 4) is 5.75 Å². The van der Waals surface area contributed by atoms with E-state index in [9.17, 15) is 15.3 Å². The van der Waals surface area contributed by atoms with Crippen LogP contribution in [0.5, 0.6) is 5.75 Å². The maximum absolute atomic E-state index is 9.94. The van der Waals surface area contributed by atoms with Gasteiger partial charge in [-0.1, -0.05) is 12.1 Å². The highest BCUT2D eigenvalue weighted by Crippen LogP contribution is 2.29. The Bertz CT molecular complexity index is 612. The van der Waals surface area contributed by atoms with Crippen LogP contribution in [0.1, 0.15) is 0 Å². The molecule has 2 aromatic rings. The fraction of sp³-hybridized carbons (Fsp3) is 0.429. The van der Waals surface area contributed by atoms with Crippen LogP contribution in [-0.4, -0.2) is 62.7 Å². The van der Waals surface area contributed by atoms with Gasteiger partial charge in [-0.2, -0.15) is 0 Å². The van der Waals surface area contributed by atoms with Gasteiger partial charge in [0.05, 0.1) is 6.61 Å². The number of nitrogens with one attached hydrogen (secondary N) is 1. The lowest BCUT2D eigenvalue weighted by molar-refractivity contribution is -0.277. The summed E-state index contributed by atoms with van der Waals surface area (Å²) in [5.74, 6) is 0.454. The van der Waals surface area contributed by atoms with Crippen LogP contribution in [0.25, 0.3) is 10.9 Å². The number of rotatable bonds is 3. The zero-order valence-corrected chi connectivity index (χ0v) is 11.1. The Kier molecular flexibility index (Phi) is 3.83. The summed E-state index contributed by atoms with van der Waals surface area (Å²) in [6.45, 7) is -0.487. The van der Waals surface area contributed by atoms with E-state index in [1.54, 1.807) is 6.20 Å². The number of para-hydroxylation sites is 1. The highest BCUT2D eigenvalue weighted by atomic mass is 16.7. The van der Waals surface area contributed by atoms with Gasteiger partial charge in [0.2, 0.25) is 6.29 Å². The van der Waals surface area contributed by atoms with E-state index in [0.717, 1.165) is 10.9 Å². The lowest BCUT2D eigenvalue weighted by Gasteiger charge is -2.39. The molecule has 2 heterocycles. The van der Waals surface area contributed by atoms with E-state index in [4.69, 9.17) is 14.6 Å². The predicted molar refractivity (Wildman–Crippen MR) is 72.7 cm³/mol. The van der Waals surface area contributed by atoms with Crippen LogP contribution in [0.4, 0.5) is 0 Å². The highest BCUT2D eigenvalue weighted by Gasteiger charge is 2.44. The second-order valence-electron chi connectivity index (χ2n) is 5.01. The molecule has 5 atom stereocenters. The Morgan fingerprint density at radius 2 is 1.86 bits per heavy atom. The van der Waals surface area contributed by atoms with Crippen LogP contribution in [0.2, 0.25) is 0 Å². The number of aromatic nitrogens is 1. The fourth-order valence-corrected chi connectivity index (χ4v) is 2.43. The molecule has 0 radical (unpaired) electrons. The van der Waals surface area contributed by atoms with Crippen LogP contribution in [0.3, 0.4) is 0 Å². The Morgan fingerprint density at radius 1 is 1.10 bits per heavy atom. The fourth-order valence-electron chi connectivity index (χ4n) is 2.43. The van der Waals surface area contributed by atoms with Crippen molar-refractivity contribution in [3.63, 3.8) is 0 Å². The van der Waals surface area contributed by atoms with Crippen LogP contribution >= 0.6 is 0 Å². The molecular weight excluding hydrogens is 278 g/mol. The topological polar surface area (TPSA) is 115 Å². The number of ether oxygens (including phenoxy) is 2. The summed E-state index contributed by atoms with van der Waals surface area (Å²) < 4.78 is 10.9. The summed E-state index contributed by atoms with van der Waals surface area (Å²) in [6.07, 6.45) is -4.82. The molecule has 7 heteroatoms. The molecule has 1 aliphatic rings. The van der Waals surface area contributed by atoms with E-state index >= 15 is 0 Å². The third kappa shape index (κ3) is 2.50. The second kappa shape index (κ2) is 5.63. The van der Waals surface area contributed by atoms with Crippen molar-refractivity contribution in [2.24, 2.45) is 0 Å². The largest absolute Gasteiger partial charge is 0.460 e. The Labute approximate surface area is 120 Å². The van der Waals surface area contributed by atoms with Gasteiger partial charge in [0, 0.05) is 17.1 Å². The smallest absolute Gasteiger partial charge is 0.229 e. The van der Waals surface area contributed by atoms with Crippen molar-refractivity contribution < 1.29 is 29.9 Å². The van der Waals surface area contributed by atoms with Gasteiger partial charge in [-0.3, -0.25) is 0 Å². The van der Waals surface area contributed by atoms with Gasteiger partial charge in [0.1, 0.15) is 30.2 Å². The lowest BCUT2D eigenvalue weighted by Crippen LogP contribution is -2.60. The molecule has 1 saturated heterocycles. The van der Waals surface area contributed by atoms with Gasteiger partial charge in [-0.25, -0.2) is 0 Å². The van der Waals surface area contributed by atoms with Gasteiger partial charge in [-0.15, -0.1) is 0 Å². The number of benzene rings is 1. The molecule has 1 fully saturated rings. The van der Waals surface area contributed by atoms with Crippen LogP contribution in [0.15, 0.2) is 30.5 Å². The minimum atomic E-state index is -1.45. The van der Waals surface area contributed by atoms with Crippen LogP contribution < -0.4 is 4.74 Å². The van der Waals surface area contributed by atoms with Crippen molar-refractivity contribution in [1.82, 2.24) is 4.98 Å². The maximum Gasteiger partial charge on any atom is 0.229 e. The molecule has 2 unspecified atom stereocenters. The number of hydrogen-bond donors (Lipinski definition) is 5. The van der Waals surface area contributed by atoms with Crippen molar-refractivity contribution in [2.75, 3.05) is 6.61 Å². The average Bonchev–Trinajstić information content (AvgIpc) is 2.91. The standard InChI is InChI=1S/C14H17NO6/c16-6-10-11(17)12(18)13(19)14(21-10)20-9-5-15-8-4-2-1-3-7(8)9/h1-5,10-19H,6H2/t10?,11-,12?,13+,14-/m1/s1. The van der Waals surface area contributed by atoms with Crippen LogP contribution in [0, 0.1) is 0 Å². The van der Waals surface area contributed by atoms with Gasteiger partial charge in [-0.05, 0) is 12.1 Å². The van der Waals surface area contributed by atoms with Crippen molar-refractivity contribution in [1.29, 1.82) is 0 Å². The quantitative estimate of drug-likeness (QED) is 0.514. The number of aliphatic hydroxyl groups excluding tert-OH is 4. The number of hydrogen-bond acceptors (Lipinski definition) is 6. The van der Waals surface area contributed by atoms with Gasteiger partial charge in [0.15, 0.2) is 0 Å². The molecule has 0 amide bonds. The molecule has 0 aliphatic carbocycles. The molecule has 1 aromatic carbocycles. The van der Waals surface area contributed by atoms with E-state index in [1.165, 1.54) is 0 Å². The van der Waals surface area contributed by atoms with Gasteiger partial charge in [0.25, 0.3) is 0 Å². The molecule has 7 nitrogen and oxygen atoms in total. The zero-order chi connectivity index (χ0) is 15.0. The minimum Gasteiger partial charge on any atom is -0.460 e. The molecular formula is C14H17NO6. The highest BCUT2D eigenvalue weighted by molar-refractivity contribution is 5.85. The van der Waals surface area contributed by atoms with Gasteiger partial charge >= 0.3 is 0 Å². The molecule has 0 spiro atoms. The zero-order valence-electron chi connectivity index (χ0n) is 11.1. The summed E-state index contributed by atoms with van der Waals surface area (Å²) in [5, 5.41) is 39.3. The van der Waals surface area contributed by atoms with E-state index in [0.29, 0.717) is 5.75 Å². The second-order valence-corrected chi connectivity index (χ2v) is 5.01. The Morgan fingerprint density at radius 3 is 2.62 bits per heavy atom. The lowest BCUT2D eigenvalue weighted by atomic mass is 9.99. The van der Waals surface area contributed by atoms with Crippen molar-refractivity contribution >= 4 is 10.9 Å². The molecule has 5 N–H and O–H groups in total. The molecule has 1 aliphatic heterocycles. The predicted octanol–water partition coefficient (Wildman–Crippen LogP) is -0.653. The Hall–Kier alpha value is -1.64. The third-order valence-corrected chi connectivity index (χ3v) is 3.64. The summed E-state index contributed by atoms with van der Waals surface area (Å²) in [4.78, 5) is 3.01. The van der Waals surface area contributed by atoms with Crippen molar-refractivity contribution in [2.45, 2.75) is 30.7 Å². The van der Waals surface area contributed by atoms with Crippen LogP contribution in [-0.2, 0) is 4.74 Å². The summed E-state index contributed by atoms with van der Waals surface area (Å²) in [5.41, 5.74) is 0.858. The SMILES string of the molecule is OCC1O[C@@H](Oc2c[nH]c3ccccc23)[C@@H](O)C(O)[C@@H]1O. The molecule has 0 saturated carbocycles. The van der Waals surface area contributed by atoms with Crippen molar-refractivity contribution in [3.05, 3.63) is 30.5 Å². The molecule has 1 aromatic heterocycles. The summed E-state index contributed by atoms with van der Waals surface area (Å²) in [7, 11) is 0. The van der Waals surface area contributed by atoms with E-state index in [2.05, 4.69) is 4.98 Å². The summed E-state index contributed by atoms with van der Waals surface area (Å²) in [6, 6.07) is 7.42.